The Hall–Kier alpha value is -1.10. The zero-order chi connectivity index (χ0) is 18.8. The maximum Gasteiger partial charge on any atom is 0.308 e. The van der Waals surface area contributed by atoms with E-state index in [0.717, 1.165) is 19.6 Å². The monoisotopic (exact) mass is 343 g/mol. The van der Waals surface area contributed by atoms with Crippen LogP contribution < -0.4 is 0 Å². The predicted molar refractivity (Wildman–Crippen MR) is 96.7 cm³/mol. The Morgan fingerprint density at radius 3 is 2.04 bits per heavy atom. The Morgan fingerprint density at radius 1 is 1.00 bits per heavy atom. The molecule has 2 atom stereocenters. The van der Waals surface area contributed by atoms with Crippen molar-refractivity contribution in [3.8, 4) is 0 Å². The summed E-state index contributed by atoms with van der Waals surface area (Å²) in [4.78, 5) is 26.5. The molecule has 0 saturated heterocycles. The second kappa shape index (κ2) is 11.5. The first-order valence-corrected chi connectivity index (χ1v) is 9.20. The summed E-state index contributed by atoms with van der Waals surface area (Å²) in [6.45, 7) is 17.4. The van der Waals surface area contributed by atoms with Gasteiger partial charge in [-0.3, -0.25) is 9.59 Å². The van der Waals surface area contributed by atoms with Gasteiger partial charge in [0.2, 0.25) is 0 Å². The predicted octanol–water partition coefficient (Wildman–Crippen LogP) is 3.51. The lowest BCUT2D eigenvalue weighted by Gasteiger charge is -2.22. The first kappa shape index (κ1) is 22.9. The first-order chi connectivity index (χ1) is 11.1. The number of ether oxygens (including phenoxy) is 2. The molecule has 0 bridgehead atoms. The summed E-state index contributed by atoms with van der Waals surface area (Å²) in [7, 11) is 0. The van der Waals surface area contributed by atoms with Crippen molar-refractivity contribution in [1.29, 1.82) is 0 Å². The van der Waals surface area contributed by atoms with Gasteiger partial charge < -0.3 is 14.4 Å². The highest BCUT2D eigenvalue weighted by molar-refractivity contribution is 5.75. The van der Waals surface area contributed by atoms with Gasteiger partial charge in [0.1, 0.15) is 6.61 Å². The van der Waals surface area contributed by atoms with Crippen molar-refractivity contribution in [3.63, 3.8) is 0 Å². The van der Waals surface area contributed by atoms with Crippen molar-refractivity contribution in [2.24, 2.45) is 17.3 Å². The van der Waals surface area contributed by atoms with Gasteiger partial charge in [0.25, 0.3) is 0 Å². The minimum absolute atomic E-state index is 0.0527. The maximum atomic E-state index is 12.2. The lowest BCUT2D eigenvalue weighted by Crippen LogP contribution is -2.30. The van der Waals surface area contributed by atoms with Crippen LogP contribution in [0, 0.1) is 17.3 Å². The fraction of sp³-hybridized carbons (Fsp3) is 0.895. The van der Waals surface area contributed by atoms with Crippen molar-refractivity contribution in [2.45, 2.75) is 61.3 Å². The molecule has 0 aliphatic rings. The van der Waals surface area contributed by atoms with Crippen molar-refractivity contribution >= 4 is 11.9 Å². The van der Waals surface area contributed by atoms with Gasteiger partial charge in [-0.15, -0.1) is 0 Å². The topological polar surface area (TPSA) is 55.8 Å². The van der Waals surface area contributed by atoms with Crippen LogP contribution in [0.3, 0.4) is 0 Å². The summed E-state index contributed by atoms with van der Waals surface area (Å²) in [5.41, 5.74) is -0.0527. The summed E-state index contributed by atoms with van der Waals surface area (Å²) < 4.78 is 10.7. The summed E-state index contributed by atoms with van der Waals surface area (Å²) in [6.07, 6.45) is 1.14. The Kier molecular flexibility index (Phi) is 10.9. The van der Waals surface area contributed by atoms with E-state index in [9.17, 15) is 9.59 Å². The number of hydrogen-bond acceptors (Lipinski definition) is 5. The lowest BCUT2D eigenvalue weighted by molar-refractivity contribution is -0.154. The number of esters is 2. The van der Waals surface area contributed by atoms with E-state index in [1.165, 1.54) is 0 Å². The number of carbonyl (C=O) groups excluding carboxylic acids is 2. The van der Waals surface area contributed by atoms with Gasteiger partial charge in [-0.2, -0.15) is 0 Å². The molecule has 2 unspecified atom stereocenters. The van der Waals surface area contributed by atoms with Crippen molar-refractivity contribution in [3.05, 3.63) is 0 Å². The van der Waals surface area contributed by atoms with E-state index in [2.05, 4.69) is 18.7 Å². The standard InChI is InChI=1S/C19H37NO4/c1-8-16(18(22)24-14-19(5,6)7)13-15(4)17(21)23-12-11-20(9-2)10-3/h15-16H,8-14H2,1-7H3. The van der Waals surface area contributed by atoms with Crippen LogP contribution in [0.5, 0.6) is 0 Å². The molecule has 24 heavy (non-hydrogen) atoms. The molecule has 0 spiro atoms. The van der Waals surface area contributed by atoms with Gasteiger partial charge >= 0.3 is 11.9 Å². The Morgan fingerprint density at radius 2 is 1.58 bits per heavy atom. The number of likely N-dealkylation sites (N-methyl/N-ethyl adjacent to an activating group) is 1. The Balaban J connectivity index is 4.30. The third kappa shape index (κ3) is 9.91. The molecule has 0 aromatic rings. The molecule has 0 aliphatic heterocycles. The average molecular weight is 344 g/mol. The molecule has 0 saturated carbocycles. The van der Waals surface area contributed by atoms with Crippen LogP contribution >= 0.6 is 0 Å². The van der Waals surface area contributed by atoms with Gasteiger partial charge in [-0.1, -0.05) is 48.5 Å². The minimum Gasteiger partial charge on any atom is -0.465 e. The fourth-order valence-electron chi connectivity index (χ4n) is 2.32. The van der Waals surface area contributed by atoms with Crippen LogP contribution in [0.2, 0.25) is 0 Å². The van der Waals surface area contributed by atoms with E-state index < -0.39 is 0 Å². The van der Waals surface area contributed by atoms with Gasteiger partial charge in [-0.25, -0.2) is 0 Å². The second-order valence-electron chi connectivity index (χ2n) is 7.60. The van der Waals surface area contributed by atoms with Crippen LogP contribution in [0.25, 0.3) is 0 Å². The first-order valence-electron chi connectivity index (χ1n) is 9.20. The van der Waals surface area contributed by atoms with Crippen LogP contribution in [0.15, 0.2) is 0 Å². The molecule has 0 N–H and O–H groups in total. The van der Waals surface area contributed by atoms with E-state index in [1.807, 2.05) is 34.6 Å². The molecule has 0 aliphatic carbocycles. The molecule has 5 heteroatoms. The molecule has 0 fully saturated rings. The van der Waals surface area contributed by atoms with Crippen LogP contribution in [-0.4, -0.2) is 49.7 Å². The van der Waals surface area contributed by atoms with E-state index >= 15 is 0 Å². The van der Waals surface area contributed by atoms with Gasteiger partial charge in [0, 0.05) is 6.54 Å². The third-order valence-corrected chi connectivity index (χ3v) is 4.06. The van der Waals surface area contributed by atoms with Crippen LogP contribution in [0.4, 0.5) is 0 Å². The highest BCUT2D eigenvalue weighted by Crippen LogP contribution is 2.20. The molecule has 0 heterocycles. The largest absolute Gasteiger partial charge is 0.465 e. The molecule has 0 aromatic carbocycles. The number of rotatable bonds is 11. The van der Waals surface area contributed by atoms with Gasteiger partial charge in [0.05, 0.1) is 18.4 Å². The number of nitrogens with zero attached hydrogens (tertiary/aromatic N) is 1. The zero-order valence-electron chi connectivity index (χ0n) is 16.7. The summed E-state index contributed by atoms with van der Waals surface area (Å²) in [6, 6.07) is 0. The molecular formula is C19H37NO4. The molecule has 0 radical (unpaired) electrons. The maximum absolute atomic E-state index is 12.2. The summed E-state index contributed by atoms with van der Waals surface area (Å²) in [5, 5.41) is 0. The number of hydrogen-bond donors (Lipinski definition) is 0. The Labute approximate surface area is 148 Å². The molecule has 0 rings (SSSR count). The SMILES string of the molecule is CCC(CC(C)C(=O)OCCN(CC)CC)C(=O)OCC(C)(C)C. The van der Waals surface area contributed by atoms with Gasteiger partial charge in [-0.05, 0) is 31.3 Å². The number of carbonyl (C=O) groups is 2. The molecular weight excluding hydrogens is 306 g/mol. The molecule has 142 valence electrons. The van der Waals surface area contributed by atoms with E-state index in [1.54, 1.807) is 0 Å². The summed E-state index contributed by atoms with van der Waals surface area (Å²) >= 11 is 0. The normalized spacial score (nSPS) is 14.3. The van der Waals surface area contributed by atoms with E-state index in [0.29, 0.717) is 26.1 Å². The van der Waals surface area contributed by atoms with E-state index in [4.69, 9.17) is 9.47 Å². The average Bonchev–Trinajstić information content (AvgIpc) is 2.53. The lowest BCUT2D eigenvalue weighted by atomic mass is 9.93. The third-order valence-electron chi connectivity index (χ3n) is 4.06. The van der Waals surface area contributed by atoms with Crippen molar-refractivity contribution in [1.82, 2.24) is 4.90 Å². The van der Waals surface area contributed by atoms with Crippen LogP contribution in [0.1, 0.15) is 61.3 Å². The summed E-state index contributed by atoms with van der Waals surface area (Å²) in [5.74, 6) is -0.994. The Bertz CT molecular complexity index is 372. The molecule has 0 amide bonds. The van der Waals surface area contributed by atoms with Crippen molar-refractivity contribution in [2.75, 3.05) is 32.8 Å². The zero-order valence-corrected chi connectivity index (χ0v) is 16.7. The smallest absolute Gasteiger partial charge is 0.308 e. The highest BCUT2D eigenvalue weighted by Gasteiger charge is 2.26. The van der Waals surface area contributed by atoms with Gasteiger partial charge in [0.15, 0.2) is 0 Å². The van der Waals surface area contributed by atoms with Crippen molar-refractivity contribution < 1.29 is 19.1 Å². The minimum atomic E-state index is -0.297. The quantitative estimate of drug-likeness (QED) is 0.537. The van der Waals surface area contributed by atoms with Crippen LogP contribution in [-0.2, 0) is 19.1 Å². The van der Waals surface area contributed by atoms with E-state index in [-0.39, 0.29) is 29.2 Å². The fourth-order valence-corrected chi connectivity index (χ4v) is 2.32. The molecule has 5 nitrogen and oxygen atoms in total. The molecule has 0 aromatic heterocycles. The highest BCUT2D eigenvalue weighted by atomic mass is 16.5. The second-order valence-corrected chi connectivity index (χ2v) is 7.60.